The first kappa shape index (κ1) is 12.4. The largest absolute Gasteiger partial charge is 0.355 e. The number of amides is 1. The van der Waals surface area contributed by atoms with E-state index in [-0.39, 0.29) is 11.9 Å². The van der Waals surface area contributed by atoms with E-state index in [4.69, 9.17) is 11.6 Å². The Morgan fingerprint density at radius 3 is 3.06 bits per heavy atom. The van der Waals surface area contributed by atoms with Crippen molar-refractivity contribution in [3.05, 3.63) is 34.3 Å². The Kier molecular flexibility index (Phi) is 4.02. The van der Waals surface area contributed by atoms with Crippen LogP contribution in [-0.4, -0.2) is 18.5 Å². The van der Waals surface area contributed by atoms with E-state index in [9.17, 15) is 4.79 Å². The zero-order valence-corrected chi connectivity index (χ0v) is 10.7. The third kappa shape index (κ3) is 3.20. The Morgan fingerprint density at radius 2 is 2.35 bits per heavy atom. The fourth-order valence-corrected chi connectivity index (χ4v) is 2.16. The van der Waals surface area contributed by atoms with Crippen LogP contribution in [0.15, 0.2) is 18.2 Å². The van der Waals surface area contributed by atoms with Crippen molar-refractivity contribution in [2.45, 2.75) is 32.4 Å². The minimum Gasteiger partial charge on any atom is -0.355 e. The average Bonchev–Trinajstić information content (AvgIpc) is 2.32. The number of hydrogen-bond acceptors (Lipinski definition) is 2. The molecule has 3 nitrogen and oxygen atoms in total. The number of hydrogen-bond donors (Lipinski definition) is 2. The third-order valence-electron chi connectivity index (χ3n) is 3.07. The standard InChI is InChI=1S/C13H17ClN2O/c1-9-4-5-10(7-11(9)14)8-16-12-3-2-6-15-13(12)17/h4-5,7,12,16H,2-3,6,8H2,1H3,(H,15,17). The summed E-state index contributed by atoms with van der Waals surface area (Å²) in [7, 11) is 0. The molecule has 2 N–H and O–H groups in total. The molecular weight excluding hydrogens is 236 g/mol. The van der Waals surface area contributed by atoms with E-state index in [2.05, 4.69) is 10.6 Å². The molecule has 4 heteroatoms. The number of rotatable bonds is 3. The molecule has 2 rings (SSSR count). The van der Waals surface area contributed by atoms with Gasteiger partial charge in [0.05, 0.1) is 6.04 Å². The highest BCUT2D eigenvalue weighted by molar-refractivity contribution is 6.31. The highest BCUT2D eigenvalue weighted by Gasteiger charge is 2.20. The quantitative estimate of drug-likeness (QED) is 0.864. The lowest BCUT2D eigenvalue weighted by Gasteiger charge is -2.22. The molecule has 0 spiro atoms. The summed E-state index contributed by atoms with van der Waals surface area (Å²) in [5.41, 5.74) is 2.18. The molecule has 1 saturated heterocycles. The smallest absolute Gasteiger partial charge is 0.237 e. The van der Waals surface area contributed by atoms with E-state index in [1.165, 1.54) is 0 Å². The van der Waals surface area contributed by atoms with Gasteiger partial charge in [0.1, 0.15) is 0 Å². The van der Waals surface area contributed by atoms with Gasteiger partial charge in [0.15, 0.2) is 0 Å². The molecule has 1 aliphatic heterocycles. The minimum atomic E-state index is -0.0659. The van der Waals surface area contributed by atoms with Gasteiger partial charge >= 0.3 is 0 Å². The predicted octanol–water partition coefficient (Wildman–Crippen LogP) is 2.02. The zero-order valence-electron chi connectivity index (χ0n) is 9.92. The van der Waals surface area contributed by atoms with E-state index >= 15 is 0 Å². The van der Waals surface area contributed by atoms with Crippen molar-refractivity contribution in [2.75, 3.05) is 6.54 Å². The number of nitrogens with one attached hydrogen (secondary N) is 2. The molecule has 0 radical (unpaired) electrons. The molecule has 0 bridgehead atoms. The molecule has 1 aromatic rings. The molecule has 0 aromatic heterocycles. The van der Waals surface area contributed by atoms with Gasteiger partial charge in [-0.3, -0.25) is 4.79 Å². The highest BCUT2D eigenvalue weighted by atomic mass is 35.5. The summed E-state index contributed by atoms with van der Waals surface area (Å²) < 4.78 is 0. The summed E-state index contributed by atoms with van der Waals surface area (Å²) in [6.07, 6.45) is 1.95. The van der Waals surface area contributed by atoms with Crippen LogP contribution >= 0.6 is 11.6 Å². The first-order valence-electron chi connectivity index (χ1n) is 5.93. The summed E-state index contributed by atoms with van der Waals surface area (Å²) in [4.78, 5) is 11.5. The Morgan fingerprint density at radius 1 is 1.53 bits per heavy atom. The Labute approximate surface area is 107 Å². The number of piperidine rings is 1. The molecule has 1 atom stereocenters. The van der Waals surface area contributed by atoms with Crippen molar-refractivity contribution >= 4 is 17.5 Å². The van der Waals surface area contributed by atoms with Crippen LogP contribution in [0.4, 0.5) is 0 Å². The van der Waals surface area contributed by atoms with Crippen LogP contribution in [0.1, 0.15) is 24.0 Å². The van der Waals surface area contributed by atoms with E-state index in [1.807, 2.05) is 25.1 Å². The monoisotopic (exact) mass is 252 g/mol. The Hall–Kier alpha value is -1.06. The van der Waals surface area contributed by atoms with Gasteiger partial charge in [-0.2, -0.15) is 0 Å². The van der Waals surface area contributed by atoms with E-state index < -0.39 is 0 Å². The number of halogens is 1. The van der Waals surface area contributed by atoms with Crippen molar-refractivity contribution in [1.29, 1.82) is 0 Å². The molecule has 1 fully saturated rings. The lowest BCUT2D eigenvalue weighted by molar-refractivity contribution is -0.124. The van der Waals surface area contributed by atoms with Crippen molar-refractivity contribution in [3.8, 4) is 0 Å². The van der Waals surface area contributed by atoms with Crippen molar-refractivity contribution in [2.24, 2.45) is 0 Å². The molecule has 1 aromatic carbocycles. The maximum absolute atomic E-state index is 11.5. The summed E-state index contributed by atoms with van der Waals surface area (Å²) in [6, 6.07) is 5.92. The summed E-state index contributed by atoms with van der Waals surface area (Å²) in [5.74, 6) is 0.106. The highest BCUT2D eigenvalue weighted by Crippen LogP contribution is 2.16. The van der Waals surface area contributed by atoms with Crippen LogP contribution in [0.5, 0.6) is 0 Å². The SMILES string of the molecule is Cc1ccc(CNC2CCCNC2=O)cc1Cl. The molecular formula is C13H17ClN2O. The topological polar surface area (TPSA) is 41.1 Å². The lowest BCUT2D eigenvalue weighted by atomic mass is 10.1. The second-order valence-electron chi connectivity index (χ2n) is 4.45. The van der Waals surface area contributed by atoms with Gasteiger partial charge in [-0.25, -0.2) is 0 Å². The zero-order chi connectivity index (χ0) is 12.3. The van der Waals surface area contributed by atoms with Crippen LogP contribution in [0.25, 0.3) is 0 Å². The van der Waals surface area contributed by atoms with Crippen LogP contribution in [-0.2, 0) is 11.3 Å². The molecule has 1 heterocycles. The van der Waals surface area contributed by atoms with Crippen molar-refractivity contribution in [3.63, 3.8) is 0 Å². The lowest BCUT2D eigenvalue weighted by Crippen LogP contribution is -2.47. The van der Waals surface area contributed by atoms with Gasteiger partial charge in [0.2, 0.25) is 5.91 Å². The molecule has 1 amide bonds. The number of benzene rings is 1. The molecule has 92 valence electrons. The van der Waals surface area contributed by atoms with Crippen LogP contribution in [0.2, 0.25) is 5.02 Å². The molecule has 1 unspecified atom stereocenters. The third-order valence-corrected chi connectivity index (χ3v) is 3.48. The minimum absolute atomic E-state index is 0.0659. The Bertz CT molecular complexity index is 420. The number of carbonyl (C=O) groups is 1. The molecule has 0 saturated carbocycles. The van der Waals surface area contributed by atoms with E-state index in [0.717, 1.165) is 35.5 Å². The second-order valence-corrected chi connectivity index (χ2v) is 4.86. The van der Waals surface area contributed by atoms with E-state index in [1.54, 1.807) is 0 Å². The first-order valence-corrected chi connectivity index (χ1v) is 6.31. The summed E-state index contributed by atoms with van der Waals surface area (Å²) >= 11 is 6.06. The second kappa shape index (κ2) is 5.52. The normalized spacial score (nSPS) is 20.1. The molecule has 17 heavy (non-hydrogen) atoms. The first-order chi connectivity index (χ1) is 8.16. The summed E-state index contributed by atoms with van der Waals surface area (Å²) in [6.45, 7) is 3.46. The van der Waals surface area contributed by atoms with Gasteiger partial charge < -0.3 is 10.6 Å². The summed E-state index contributed by atoms with van der Waals surface area (Å²) in [5, 5.41) is 6.90. The number of carbonyl (C=O) groups excluding carboxylic acids is 1. The van der Waals surface area contributed by atoms with Gasteiger partial charge in [0, 0.05) is 18.1 Å². The fourth-order valence-electron chi connectivity index (χ4n) is 1.95. The van der Waals surface area contributed by atoms with Crippen molar-refractivity contribution < 1.29 is 4.79 Å². The van der Waals surface area contributed by atoms with Crippen LogP contribution in [0, 0.1) is 6.92 Å². The van der Waals surface area contributed by atoms with Crippen LogP contribution < -0.4 is 10.6 Å². The predicted molar refractivity (Wildman–Crippen MR) is 69.1 cm³/mol. The van der Waals surface area contributed by atoms with Gasteiger partial charge in [0.25, 0.3) is 0 Å². The fraction of sp³-hybridized carbons (Fsp3) is 0.462. The molecule has 0 aliphatic carbocycles. The molecule has 1 aliphatic rings. The van der Waals surface area contributed by atoms with E-state index in [0.29, 0.717) is 6.54 Å². The van der Waals surface area contributed by atoms with Gasteiger partial charge in [-0.1, -0.05) is 23.7 Å². The van der Waals surface area contributed by atoms with Crippen molar-refractivity contribution in [1.82, 2.24) is 10.6 Å². The van der Waals surface area contributed by atoms with Gasteiger partial charge in [-0.05, 0) is 37.0 Å². The number of aryl methyl sites for hydroxylation is 1. The van der Waals surface area contributed by atoms with Crippen LogP contribution in [0.3, 0.4) is 0 Å². The maximum Gasteiger partial charge on any atom is 0.237 e. The Balaban J connectivity index is 1.92. The maximum atomic E-state index is 11.5. The van der Waals surface area contributed by atoms with Gasteiger partial charge in [-0.15, -0.1) is 0 Å². The average molecular weight is 253 g/mol.